The molecule has 3 aromatic rings. The molecule has 0 bridgehead atoms. The van der Waals surface area contributed by atoms with E-state index < -0.39 is 0 Å². The van der Waals surface area contributed by atoms with Gasteiger partial charge in [0, 0.05) is 43.4 Å². The number of hydrogen-bond acceptors (Lipinski definition) is 4. The molecule has 1 aromatic heterocycles. The number of Topliss-reactive ketones (excluding diaryl/α,β-unsaturated/α-hetero) is 1. The number of carbonyl (C=O) groups is 2. The lowest BCUT2D eigenvalue weighted by Crippen LogP contribution is -2.26. The topological polar surface area (TPSA) is 62.6 Å². The predicted octanol–water partition coefficient (Wildman–Crippen LogP) is 3.93. The number of carbonyl (C=O) groups excluding carboxylic acids is 2. The van der Waals surface area contributed by atoms with Crippen molar-refractivity contribution in [1.29, 1.82) is 0 Å². The summed E-state index contributed by atoms with van der Waals surface area (Å²) in [6.45, 7) is 0.361. The van der Waals surface area contributed by atoms with Gasteiger partial charge in [0.05, 0.1) is 16.8 Å². The molecule has 1 aliphatic rings. The lowest BCUT2D eigenvalue weighted by atomic mass is 10.0. The Hall–Kier alpha value is -3.41. The lowest BCUT2D eigenvalue weighted by molar-refractivity contribution is 0.0784. The number of nitrogens with zero attached hydrogens (tertiary/aromatic N) is 3. The highest BCUT2D eigenvalue weighted by Crippen LogP contribution is 2.32. The highest BCUT2D eigenvalue weighted by atomic mass is 19.1. The highest BCUT2D eigenvalue weighted by Gasteiger charge is 2.19. The average molecular weight is 361 g/mol. The van der Waals surface area contributed by atoms with E-state index in [1.807, 2.05) is 0 Å². The molecule has 2 heterocycles. The van der Waals surface area contributed by atoms with Crippen LogP contribution < -0.4 is 0 Å². The smallest absolute Gasteiger partial charge is 0.255 e. The summed E-state index contributed by atoms with van der Waals surface area (Å²) in [5.41, 5.74) is 3.00. The van der Waals surface area contributed by atoms with Gasteiger partial charge in [-0.25, -0.2) is 4.39 Å². The highest BCUT2D eigenvalue weighted by molar-refractivity contribution is 6.14. The number of hydrogen-bond donors (Lipinski definition) is 0. The Kier molecular flexibility index (Phi) is 4.24. The van der Waals surface area contributed by atoms with Crippen molar-refractivity contribution in [3.63, 3.8) is 0 Å². The second-order valence-corrected chi connectivity index (χ2v) is 6.48. The molecule has 2 aromatic carbocycles. The van der Waals surface area contributed by atoms with Crippen LogP contribution in [0.1, 0.15) is 32.7 Å². The van der Waals surface area contributed by atoms with E-state index in [2.05, 4.69) is 9.98 Å². The molecule has 0 saturated heterocycles. The van der Waals surface area contributed by atoms with E-state index in [-0.39, 0.29) is 17.5 Å². The lowest BCUT2D eigenvalue weighted by Gasteiger charge is -2.18. The minimum Gasteiger partial charge on any atom is -0.337 e. The number of benzene rings is 2. The van der Waals surface area contributed by atoms with Crippen molar-refractivity contribution in [1.82, 2.24) is 9.88 Å². The van der Waals surface area contributed by atoms with Crippen molar-refractivity contribution < 1.29 is 14.0 Å². The second-order valence-electron chi connectivity index (χ2n) is 6.48. The molecule has 0 spiro atoms. The van der Waals surface area contributed by atoms with Gasteiger partial charge in [-0.3, -0.25) is 19.6 Å². The summed E-state index contributed by atoms with van der Waals surface area (Å²) >= 11 is 0. The van der Waals surface area contributed by atoms with Crippen molar-refractivity contribution in [3.8, 4) is 0 Å². The number of pyridine rings is 1. The summed E-state index contributed by atoms with van der Waals surface area (Å²) in [6, 6.07) is 11.3. The van der Waals surface area contributed by atoms with Crippen LogP contribution in [0.3, 0.4) is 0 Å². The summed E-state index contributed by atoms with van der Waals surface area (Å²) in [5, 5.41) is 0.752. The summed E-state index contributed by atoms with van der Waals surface area (Å²) < 4.78 is 13.0. The van der Waals surface area contributed by atoms with Gasteiger partial charge in [0.2, 0.25) is 0 Å². The monoisotopic (exact) mass is 361 g/mol. The van der Waals surface area contributed by atoms with E-state index in [0.29, 0.717) is 35.3 Å². The standard InChI is InChI=1S/C21H16FN3O2/c1-25(12-13-2-5-16(22)6-3-13)21(27)15-10-14-4-7-17-18(26)8-9-23-20(17)19(14)24-11-15/h2-7,9-11H,8,12H2,1H3. The first-order valence-electron chi connectivity index (χ1n) is 8.51. The molecule has 0 radical (unpaired) electrons. The van der Waals surface area contributed by atoms with Gasteiger partial charge in [-0.1, -0.05) is 18.2 Å². The van der Waals surface area contributed by atoms with Crippen LogP contribution in [0.2, 0.25) is 0 Å². The van der Waals surface area contributed by atoms with Gasteiger partial charge in [-0.05, 0) is 29.8 Å². The third-order valence-corrected chi connectivity index (χ3v) is 4.55. The van der Waals surface area contributed by atoms with Crippen molar-refractivity contribution in [2.45, 2.75) is 13.0 Å². The molecule has 5 nitrogen and oxygen atoms in total. The Bertz CT molecular complexity index is 1090. The van der Waals surface area contributed by atoms with Gasteiger partial charge in [0.25, 0.3) is 5.91 Å². The van der Waals surface area contributed by atoms with E-state index >= 15 is 0 Å². The minimum atomic E-state index is -0.309. The Balaban J connectivity index is 1.63. The third kappa shape index (κ3) is 3.21. The van der Waals surface area contributed by atoms with Gasteiger partial charge in [0.15, 0.2) is 5.78 Å². The minimum absolute atomic E-state index is 0.0166. The molecular formula is C21H16FN3O2. The van der Waals surface area contributed by atoms with Crippen LogP contribution in [0.5, 0.6) is 0 Å². The summed E-state index contributed by atoms with van der Waals surface area (Å²) in [5.74, 6) is -0.482. The van der Waals surface area contributed by atoms with Gasteiger partial charge in [-0.15, -0.1) is 0 Å². The van der Waals surface area contributed by atoms with Gasteiger partial charge >= 0.3 is 0 Å². The zero-order valence-electron chi connectivity index (χ0n) is 14.6. The molecule has 0 saturated carbocycles. The molecule has 1 aliphatic heterocycles. The van der Waals surface area contributed by atoms with Gasteiger partial charge in [-0.2, -0.15) is 0 Å². The van der Waals surface area contributed by atoms with Gasteiger partial charge in [0.1, 0.15) is 5.82 Å². The maximum Gasteiger partial charge on any atom is 0.255 e. The Morgan fingerprint density at radius 1 is 1.19 bits per heavy atom. The molecule has 0 aliphatic carbocycles. The molecule has 0 N–H and O–H groups in total. The average Bonchev–Trinajstić information content (AvgIpc) is 2.68. The van der Waals surface area contributed by atoms with Crippen LogP contribution >= 0.6 is 0 Å². The molecular weight excluding hydrogens is 345 g/mol. The number of ketones is 1. The molecule has 1 amide bonds. The van der Waals surface area contributed by atoms with E-state index in [1.54, 1.807) is 48.5 Å². The van der Waals surface area contributed by atoms with Crippen LogP contribution in [-0.2, 0) is 6.54 Å². The molecule has 0 unspecified atom stereocenters. The molecule has 0 fully saturated rings. The van der Waals surface area contributed by atoms with Crippen LogP contribution in [0.4, 0.5) is 10.1 Å². The number of aromatic nitrogens is 1. The van der Waals surface area contributed by atoms with E-state index in [1.165, 1.54) is 18.3 Å². The molecule has 134 valence electrons. The number of fused-ring (bicyclic) bond motifs is 3. The fourth-order valence-electron chi connectivity index (χ4n) is 3.14. The SMILES string of the molecule is CN(Cc1ccc(F)cc1)C(=O)c1cnc2c3c(ccc2c1)C(=O)CC=N3. The largest absolute Gasteiger partial charge is 0.337 e. The predicted molar refractivity (Wildman–Crippen MR) is 101 cm³/mol. The fraction of sp³-hybridized carbons (Fsp3) is 0.143. The fourth-order valence-corrected chi connectivity index (χ4v) is 3.14. The third-order valence-electron chi connectivity index (χ3n) is 4.55. The van der Waals surface area contributed by atoms with E-state index in [9.17, 15) is 14.0 Å². The maximum absolute atomic E-state index is 13.0. The normalized spacial score (nSPS) is 12.9. The number of rotatable bonds is 3. The number of halogens is 1. The molecule has 27 heavy (non-hydrogen) atoms. The molecule has 0 atom stereocenters. The Morgan fingerprint density at radius 2 is 1.96 bits per heavy atom. The first-order chi connectivity index (χ1) is 13.0. The van der Waals surface area contributed by atoms with Crippen LogP contribution in [0.25, 0.3) is 10.9 Å². The van der Waals surface area contributed by atoms with E-state index in [0.717, 1.165) is 10.9 Å². The second kappa shape index (κ2) is 6.72. The van der Waals surface area contributed by atoms with Gasteiger partial charge < -0.3 is 4.90 Å². The Labute approximate surface area is 155 Å². The summed E-state index contributed by atoms with van der Waals surface area (Å²) in [7, 11) is 1.69. The van der Waals surface area contributed by atoms with Crippen molar-refractivity contribution in [2.75, 3.05) is 7.05 Å². The van der Waals surface area contributed by atoms with Crippen molar-refractivity contribution >= 4 is 34.5 Å². The van der Waals surface area contributed by atoms with Crippen molar-refractivity contribution in [2.24, 2.45) is 4.99 Å². The summed E-state index contributed by atoms with van der Waals surface area (Å²) in [4.78, 5) is 35.0. The van der Waals surface area contributed by atoms with Crippen molar-refractivity contribution in [3.05, 3.63) is 71.2 Å². The van der Waals surface area contributed by atoms with Crippen LogP contribution in [-0.4, -0.2) is 34.8 Å². The molecule has 6 heteroatoms. The maximum atomic E-state index is 13.0. The molecule has 4 rings (SSSR count). The van der Waals surface area contributed by atoms with E-state index in [4.69, 9.17) is 0 Å². The first kappa shape index (κ1) is 17.0. The number of amides is 1. The first-order valence-corrected chi connectivity index (χ1v) is 8.51. The van der Waals surface area contributed by atoms with Crippen LogP contribution in [0, 0.1) is 5.82 Å². The summed E-state index contributed by atoms with van der Waals surface area (Å²) in [6.07, 6.45) is 3.38. The Morgan fingerprint density at radius 3 is 2.74 bits per heavy atom. The van der Waals surface area contributed by atoms with Crippen LogP contribution in [0.15, 0.2) is 53.7 Å². The number of aliphatic imine (C=N–C) groups is 1. The quantitative estimate of drug-likeness (QED) is 0.710. The zero-order chi connectivity index (χ0) is 19.0. The zero-order valence-corrected chi connectivity index (χ0v) is 14.6.